The van der Waals surface area contributed by atoms with Crippen molar-refractivity contribution >= 4 is 35.0 Å². The highest BCUT2D eigenvalue weighted by molar-refractivity contribution is 5.90. The molecule has 2 aromatic heterocycles. The number of hydrogen-bond donors (Lipinski definition) is 2. The first-order valence-corrected chi connectivity index (χ1v) is 8.30. The summed E-state index contributed by atoms with van der Waals surface area (Å²) in [4.78, 5) is 37.6. The number of aryl methyl sites for hydroxylation is 2. The molecule has 0 aliphatic rings. The van der Waals surface area contributed by atoms with Crippen LogP contribution in [0.4, 0.5) is 11.5 Å². The molecule has 144 valence electrons. The van der Waals surface area contributed by atoms with E-state index in [1.54, 1.807) is 38.2 Å². The maximum atomic E-state index is 11.6. The Labute approximate surface area is 160 Å². The first-order valence-electron chi connectivity index (χ1n) is 8.30. The molecule has 2 heterocycles. The van der Waals surface area contributed by atoms with Crippen LogP contribution in [0.5, 0.6) is 0 Å². The van der Waals surface area contributed by atoms with Crippen LogP contribution in [-0.4, -0.2) is 39.0 Å². The number of nitrogen functional groups attached to an aromatic ring is 1. The molecule has 0 aliphatic carbocycles. The first kappa shape index (κ1) is 19.0. The molecule has 1 aromatic carbocycles. The van der Waals surface area contributed by atoms with E-state index in [1.165, 1.54) is 16.6 Å². The average molecular weight is 381 g/mol. The molecule has 1 amide bonds. The van der Waals surface area contributed by atoms with E-state index in [4.69, 9.17) is 11.1 Å². The molecule has 0 bridgehead atoms. The van der Waals surface area contributed by atoms with Crippen LogP contribution < -0.4 is 16.3 Å². The van der Waals surface area contributed by atoms with Gasteiger partial charge in [0.15, 0.2) is 11.5 Å². The molecule has 3 rings (SSSR count). The SMILES string of the molecule is COC(=O)c1ccc(N(C=O)Cc2nc3c(N)nc(=N)n(C)c3nc2C)cc1. The second-order valence-corrected chi connectivity index (χ2v) is 6.08. The Bertz CT molecular complexity index is 1120. The predicted molar refractivity (Wildman–Crippen MR) is 101 cm³/mol. The normalized spacial score (nSPS) is 10.7. The summed E-state index contributed by atoms with van der Waals surface area (Å²) in [5.74, 6) is -0.350. The van der Waals surface area contributed by atoms with Gasteiger partial charge in [0.1, 0.15) is 5.52 Å². The third-order valence-corrected chi connectivity index (χ3v) is 4.32. The van der Waals surface area contributed by atoms with Crippen LogP contribution in [0.15, 0.2) is 24.3 Å². The largest absolute Gasteiger partial charge is 0.465 e. The van der Waals surface area contributed by atoms with E-state index in [-0.39, 0.29) is 18.0 Å². The van der Waals surface area contributed by atoms with E-state index < -0.39 is 5.97 Å². The van der Waals surface area contributed by atoms with E-state index in [1.807, 2.05) is 0 Å². The fourth-order valence-electron chi connectivity index (χ4n) is 2.70. The molecular formula is C18H19N7O3. The number of rotatable bonds is 5. The lowest BCUT2D eigenvalue weighted by molar-refractivity contribution is -0.107. The summed E-state index contributed by atoms with van der Waals surface area (Å²) < 4.78 is 6.16. The molecule has 0 radical (unpaired) electrons. The second-order valence-electron chi connectivity index (χ2n) is 6.08. The van der Waals surface area contributed by atoms with Gasteiger partial charge in [-0.3, -0.25) is 14.8 Å². The number of nitrogens with zero attached hydrogens (tertiary/aromatic N) is 5. The predicted octanol–water partition coefficient (Wildman–Crippen LogP) is 0.683. The van der Waals surface area contributed by atoms with Crippen LogP contribution in [0.3, 0.4) is 0 Å². The van der Waals surface area contributed by atoms with Crippen molar-refractivity contribution in [3.05, 3.63) is 46.8 Å². The van der Waals surface area contributed by atoms with Gasteiger partial charge in [-0.1, -0.05) is 0 Å². The van der Waals surface area contributed by atoms with Gasteiger partial charge >= 0.3 is 5.97 Å². The topological polar surface area (TPSA) is 140 Å². The zero-order valence-electron chi connectivity index (χ0n) is 15.6. The third kappa shape index (κ3) is 3.39. The number of esters is 1. The molecule has 0 atom stereocenters. The lowest BCUT2D eigenvalue weighted by Gasteiger charge is -2.19. The number of nitrogens with two attached hydrogens (primary N) is 1. The van der Waals surface area contributed by atoms with E-state index in [0.29, 0.717) is 40.2 Å². The number of ether oxygens (including phenoxy) is 1. The number of anilines is 2. The molecule has 3 N–H and O–H groups in total. The maximum absolute atomic E-state index is 11.6. The van der Waals surface area contributed by atoms with Crippen LogP contribution in [0.2, 0.25) is 0 Å². The van der Waals surface area contributed by atoms with Gasteiger partial charge in [-0.2, -0.15) is 4.98 Å². The van der Waals surface area contributed by atoms with Gasteiger partial charge in [0.05, 0.1) is 30.6 Å². The quantitative estimate of drug-likeness (QED) is 0.489. The number of benzene rings is 1. The van der Waals surface area contributed by atoms with E-state index in [2.05, 4.69) is 19.7 Å². The van der Waals surface area contributed by atoms with Gasteiger partial charge in [-0.15, -0.1) is 0 Å². The summed E-state index contributed by atoms with van der Waals surface area (Å²) in [6.45, 7) is 1.92. The van der Waals surface area contributed by atoms with Crippen LogP contribution in [0, 0.1) is 12.3 Å². The number of methoxy groups -OCH3 is 1. The highest BCUT2D eigenvalue weighted by atomic mass is 16.5. The van der Waals surface area contributed by atoms with Gasteiger partial charge in [-0.05, 0) is 31.2 Å². The van der Waals surface area contributed by atoms with Crippen LogP contribution in [0.1, 0.15) is 21.7 Å². The number of carbonyl (C=O) groups is 2. The number of nitrogens with one attached hydrogen (secondary N) is 1. The van der Waals surface area contributed by atoms with Crippen molar-refractivity contribution in [2.75, 3.05) is 17.7 Å². The van der Waals surface area contributed by atoms with Crippen molar-refractivity contribution in [3.8, 4) is 0 Å². The molecule has 0 saturated heterocycles. The fourth-order valence-corrected chi connectivity index (χ4v) is 2.70. The summed E-state index contributed by atoms with van der Waals surface area (Å²) in [7, 11) is 2.96. The Hall–Kier alpha value is -3.82. The lowest BCUT2D eigenvalue weighted by Crippen LogP contribution is -2.25. The first-order chi connectivity index (χ1) is 13.3. The number of carbonyl (C=O) groups excluding carboxylic acids is 2. The minimum absolute atomic E-state index is 0.0216. The minimum Gasteiger partial charge on any atom is -0.465 e. The van der Waals surface area contributed by atoms with Crippen molar-refractivity contribution in [1.29, 1.82) is 5.41 Å². The van der Waals surface area contributed by atoms with E-state index >= 15 is 0 Å². The van der Waals surface area contributed by atoms with Crippen molar-refractivity contribution < 1.29 is 14.3 Å². The van der Waals surface area contributed by atoms with Gasteiger partial charge in [0, 0.05) is 12.7 Å². The smallest absolute Gasteiger partial charge is 0.337 e. The van der Waals surface area contributed by atoms with Crippen molar-refractivity contribution in [2.24, 2.45) is 7.05 Å². The second kappa shape index (κ2) is 7.43. The Morgan fingerprint density at radius 1 is 1.29 bits per heavy atom. The highest BCUT2D eigenvalue weighted by Gasteiger charge is 2.15. The lowest BCUT2D eigenvalue weighted by atomic mass is 10.2. The molecule has 3 aromatic rings. The number of fused-ring (bicyclic) bond motifs is 1. The molecule has 0 unspecified atom stereocenters. The van der Waals surface area contributed by atoms with Gasteiger partial charge < -0.3 is 15.4 Å². The molecule has 0 aliphatic heterocycles. The summed E-state index contributed by atoms with van der Waals surface area (Å²) in [6.07, 6.45) is 0.674. The zero-order valence-corrected chi connectivity index (χ0v) is 15.6. The minimum atomic E-state index is -0.454. The number of amides is 1. The summed E-state index contributed by atoms with van der Waals surface area (Å²) in [5, 5.41) is 7.80. The summed E-state index contributed by atoms with van der Waals surface area (Å²) in [5.41, 5.74) is 8.81. The van der Waals surface area contributed by atoms with E-state index in [0.717, 1.165) is 0 Å². The van der Waals surface area contributed by atoms with Gasteiger partial charge in [0.2, 0.25) is 12.0 Å². The van der Waals surface area contributed by atoms with Crippen LogP contribution >= 0.6 is 0 Å². The standard InChI is InChI=1S/C18H19N7O3/c1-10-13(22-14-15(19)23-18(20)24(2)16(14)21-10)8-25(9-26)12-6-4-11(5-7-12)17(27)28-3/h4-7,9H,8H2,1-3H3,(H3,19,20,23). The molecule has 0 fully saturated rings. The van der Waals surface area contributed by atoms with Crippen LogP contribution in [-0.2, 0) is 23.1 Å². The zero-order chi connectivity index (χ0) is 20.4. The molecule has 28 heavy (non-hydrogen) atoms. The Balaban J connectivity index is 1.98. The van der Waals surface area contributed by atoms with Gasteiger partial charge in [0.25, 0.3) is 0 Å². The fraction of sp³-hybridized carbons (Fsp3) is 0.222. The van der Waals surface area contributed by atoms with Crippen molar-refractivity contribution in [3.63, 3.8) is 0 Å². The Kier molecular flexibility index (Phi) is 5.03. The van der Waals surface area contributed by atoms with Crippen LogP contribution in [0.25, 0.3) is 11.2 Å². The Morgan fingerprint density at radius 2 is 1.96 bits per heavy atom. The highest BCUT2D eigenvalue weighted by Crippen LogP contribution is 2.20. The molecule has 10 heteroatoms. The third-order valence-electron chi connectivity index (χ3n) is 4.32. The summed E-state index contributed by atoms with van der Waals surface area (Å²) >= 11 is 0. The molecule has 10 nitrogen and oxygen atoms in total. The van der Waals surface area contributed by atoms with E-state index in [9.17, 15) is 9.59 Å². The molecule has 0 saturated carbocycles. The molecule has 0 spiro atoms. The average Bonchev–Trinajstić information content (AvgIpc) is 2.70. The maximum Gasteiger partial charge on any atom is 0.337 e. The number of aromatic nitrogens is 4. The Morgan fingerprint density at radius 3 is 2.57 bits per heavy atom. The van der Waals surface area contributed by atoms with Gasteiger partial charge in [-0.25, -0.2) is 14.8 Å². The van der Waals surface area contributed by atoms with Crippen molar-refractivity contribution in [2.45, 2.75) is 13.5 Å². The molecular weight excluding hydrogens is 362 g/mol. The number of hydrogen-bond acceptors (Lipinski definition) is 8. The van der Waals surface area contributed by atoms with Crippen molar-refractivity contribution in [1.82, 2.24) is 19.5 Å². The monoisotopic (exact) mass is 381 g/mol. The summed E-state index contributed by atoms with van der Waals surface area (Å²) in [6, 6.07) is 6.45.